The molecule has 0 aliphatic heterocycles. The first kappa shape index (κ1) is 35.2. The van der Waals surface area contributed by atoms with E-state index in [0.717, 1.165) is 32.2 Å². The first-order chi connectivity index (χ1) is 20.7. The minimum absolute atomic E-state index is 0.0911. The smallest absolute Gasteiger partial charge is 0.435 e. The van der Waals surface area contributed by atoms with Crippen LogP contribution in [-0.2, 0) is 18.5 Å². The molecular formula is C29H19ClF9O6-. The van der Waals surface area contributed by atoms with Gasteiger partial charge in [0.15, 0.2) is 11.6 Å². The van der Waals surface area contributed by atoms with Crippen LogP contribution in [0.1, 0.15) is 53.3 Å². The molecule has 6 nitrogen and oxygen atoms in total. The highest BCUT2D eigenvalue weighted by Gasteiger charge is 2.73. The fourth-order valence-electron chi connectivity index (χ4n) is 4.48. The number of carboxylic acids is 1. The first-order valence-corrected chi connectivity index (χ1v) is 12.7. The molecule has 0 saturated heterocycles. The summed E-state index contributed by atoms with van der Waals surface area (Å²) in [5, 5.41) is 10.8. The van der Waals surface area contributed by atoms with Gasteiger partial charge in [-0.15, -0.1) is 0 Å². The number of para-hydroxylation sites is 1. The molecule has 0 N–H and O–H groups in total. The number of carbonyl (C=O) groups excluding carboxylic acids is 3. The van der Waals surface area contributed by atoms with E-state index in [1.54, 1.807) is 0 Å². The average Bonchev–Trinajstić information content (AvgIpc) is 2.92. The van der Waals surface area contributed by atoms with Crippen LogP contribution < -0.4 is 14.6 Å². The summed E-state index contributed by atoms with van der Waals surface area (Å²) in [5.41, 5.74) is -9.77. The molecule has 16 heteroatoms. The van der Waals surface area contributed by atoms with Gasteiger partial charge in [0.2, 0.25) is 0 Å². The molecule has 3 aromatic rings. The minimum atomic E-state index is -6.54. The van der Waals surface area contributed by atoms with Gasteiger partial charge >= 0.3 is 24.6 Å². The van der Waals surface area contributed by atoms with Gasteiger partial charge in [-0.3, -0.25) is 9.59 Å². The molecule has 0 fully saturated rings. The van der Waals surface area contributed by atoms with Crippen LogP contribution in [0.5, 0.6) is 11.5 Å². The number of aromatic carboxylic acids is 1. The Morgan fingerprint density at radius 3 is 1.98 bits per heavy atom. The molecule has 0 saturated carbocycles. The molecular weight excluding hydrogens is 651 g/mol. The lowest BCUT2D eigenvalue weighted by atomic mass is 9.88. The predicted octanol–water partition coefficient (Wildman–Crippen LogP) is 6.76. The second kappa shape index (κ2) is 13.0. The van der Waals surface area contributed by atoms with Gasteiger partial charge in [-0.1, -0.05) is 35.9 Å². The number of hydrogen-bond donors (Lipinski definition) is 0. The number of Topliss-reactive ketones (excluding diaryl/α,β-unsaturated/α-hetero) is 2. The van der Waals surface area contributed by atoms with Crippen LogP contribution >= 0.6 is 11.6 Å². The molecule has 0 radical (unpaired) electrons. The third-order valence-corrected chi connectivity index (χ3v) is 6.93. The molecule has 0 heterocycles. The molecule has 45 heavy (non-hydrogen) atoms. The van der Waals surface area contributed by atoms with Crippen molar-refractivity contribution in [1.29, 1.82) is 0 Å². The van der Waals surface area contributed by atoms with E-state index in [-0.39, 0.29) is 45.2 Å². The Hall–Kier alpha value is -4.27. The number of alkyl halides is 9. The van der Waals surface area contributed by atoms with E-state index in [0.29, 0.717) is 0 Å². The lowest BCUT2D eigenvalue weighted by molar-refractivity contribution is -0.348. The summed E-state index contributed by atoms with van der Waals surface area (Å²) in [6.07, 6.45) is -14.5. The van der Waals surface area contributed by atoms with Crippen LogP contribution in [0.4, 0.5) is 39.5 Å². The van der Waals surface area contributed by atoms with E-state index in [1.807, 2.05) is 0 Å². The van der Waals surface area contributed by atoms with Crippen molar-refractivity contribution in [2.75, 3.05) is 7.11 Å². The number of carboxylic acid groups (broad SMARTS) is 1. The highest BCUT2D eigenvalue weighted by atomic mass is 35.5. The largest absolute Gasteiger partial charge is 0.545 e. The number of benzene rings is 3. The maximum absolute atomic E-state index is 14.7. The van der Waals surface area contributed by atoms with Gasteiger partial charge in [-0.05, 0) is 42.3 Å². The summed E-state index contributed by atoms with van der Waals surface area (Å²) in [5.74, 6) is -4.63. The summed E-state index contributed by atoms with van der Waals surface area (Å²) in [7, 11) is 1.11. The number of ketones is 2. The fourth-order valence-corrected chi connectivity index (χ4v) is 4.76. The third kappa shape index (κ3) is 7.18. The van der Waals surface area contributed by atoms with Crippen LogP contribution in [0.15, 0.2) is 48.5 Å². The van der Waals surface area contributed by atoms with Crippen molar-refractivity contribution in [3.05, 3.63) is 92.5 Å². The first-order valence-electron chi connectivity index (χ1n) is 12.4. The van der Waals surface area contributed by atoms with Crippen LogP contribution in [0.25, 0.3) is 0 Å². The highest BCUT2D eigenvalue weighted by Crippen LogP contribution is 2.54. The zero-order valence-electron chi connectivity index (χ0n) is 22.8. The quantitative estimate of drug-likeness (QED) is 0.166. The van der Waals surface area contributed by atoms with Crippen molar-refractivity contribution < 1.29 is 68.5 Å². The van der Waals surface area contributed by atoms with E-state index in [2.05, 4.69) is 4.74 Å². The molecule has 0 spiro atoms. The Labute approximate surface area is 253 Å². The highest BCUT2D eigenvalue weighted by molar-refractivity contribution is 6.34. The molecule has 3 aromatic carbocycles. The molecule has 0 aromatic heterocycles. The minimum Gasteiger partial charge on any atom is -0.545 e. The number of ether oxygens (including phenoxy) is 2. The number of methoxy groups -OCH3 is 1. The van der Waals surface area contributed by atoms with Crippen LogP contribution in [0.2, 0.25) is 5.02 Å². The Kier molecular flexibility index (Phi) is 10.2. The van der Waals surface area contributed by atoms with E-state index in [1.165, 1.54) is 18.2 Å². The maximum atomic E-state index is 14.7. The summed E-state index contributed by atoms with van der Waals surface area (Å²) in [6, 6.07) is 7.01. The van der Waals surface area contributed by atoms with Gasteiger partial charge in [-0.25, -0.2) is 4.39 Å². The fraction of sp³-hybridized carbons (Fsp3) is 0.276. The van der Waals surface area contributed by atoms with Crippen molar-refractivity contribution in [3.8, 4) is 11.5 Å². The zero-order valence-corrected chi connectivity index (χ0v) is 23.6. The van der Waals surface area contributed by atoms with E-state index < -0.39 is 77.5 Å². The summed E-state index contributed by atoms with van der Waals surface area (Å²) in [4.78, 5) is 37.3. The van der Waals surface area contributed by atoms with Gasteiger partial charge in [0.1, 0.15) is 11.5 Å². The Bertz CT molecular complexity index is 1620. The Morgan fingerprint density at radius 2 is 1.47 bits per heavy atom. The number of rotatable bonds is 11. The van der Waals surface area contributed by atoms with Crippen LogP contribution in [0.3, 0.4) is 0 Å². The second-order valence-corrected chi connectivity index (χ2v) is 9.89. The number of halogens is 10. The Morgan fingerprint density at radius 1 is 0.867 bits per heavy atom. The molecule has 0 aliphatic carbocycles. The van der Waals surface area contributed by atoms with Crippen molar-refractivity contribution >= 4 is 29.1 Å². The SMILES string of the molecule is COc1c(CC(=O)c2ccc(C(=O)[O-])cc2Cl)cccc1C(=O)Cc1c(C)cc(C(F)(C(F)(F)F)C(F)(F)F)cc1OC(F)F. The normalized spacial score (nSPS) is 12.3. The number of hydrogen-bond acceptors (Lipinski definition) is 6. The predicted molar refractivity (Wildman–Crippen MR) is 138 cm³/mol. The van der Waals surface area contributed by atoms with Crippen molar-refractivity contribution in [2.24, 2.45) is 0 Å². The number of carbonyl (C=O) groups is 3. The topological polar surface area (TPSA) is 92.7 Å². The molecule has 0 atom stereocenters. The molecule has 0 aliphatic rings. The van der Waals surface area contributed by atoms with E-state index >= 15 is 0 Å². The van der Waals surface area contributed by atoms with Gasteiger partial charge in [0, 0.05) is 35.1 Å². The Balaban J connectivity index is 2.04. The van der Waals surface area contributed by atoms with Gasteiger partial charge in [-0.2, -0.15) is 35.1 Å². The molecule has 242 valence electrons. The van der Waals surface area contributed by atoms with Crippen molar-refractivity contribution in [3.63, 3.8) is 0 Å². The lowest BCUT2D eigenvalue weighted by Crippen LogP contribution is -2.50. The molecule has 0 amide bonds. The molecule has 0 bridgehead atoms. The number of aryl methyl sites for hydroxylation is 1. The maximum Gasteiger partial charge on any atom is 0.435 e. The van der Waals surface area contributed by atoms with Crippen molar-refractivity contribution in [1.82, 2.24) is 0 Å². The zero-order chi connectivity index (χ0) is 34.1. The molecule has 0 unspecified atom stereocenters. The van der Waals surface area contributed by atoms with Crippen LogP contribution in [0, 0.1) is 6.92 Å². The summed E-state index contributed by atoms with van der Waals surface area (Å²) in [6.45, 7) is -2.91. The summed E-state index contributed by atoms with van der Waals surface area (Å²) >= 11 is 6.02. The third-order valence-electron chi connectivity index (χ3n) is 6.62. The monoisotopic (exact) mass is 669 g/mol. The lowest BCUT2D eigenvalue weighted by Gasteiger charge is -2.31. The van der Waals surface area contributed by atoms with Gasteiger partial charge < -0.3 is 19.4 Å². The van der Waals surface area contributed by atoms with Crippen molar-refractivity contribution in [2.45, 2.75) is 44.4 Å². The molecule has 3 rings (SSSR count). The van der Waals surface area contributed by atoms with Gasteiger partial charge in [0.05, 0.1) is 23.7 Å². The van der Waals surface area contributed by atoms with E-state index in [4.69, 9.17) is 16.3 Å². The van der Waals surface area contributed by atoms with Crippen LogP contribution in [-0.4, -0.2) is 43.6 Å². The van der Waals surface area contributed by atoms with E-state index in [9.17, 15) is 59.0 Å². The summed E-state index contributed by atoms with van der Waals surface area (Å²) < 4.78 is 130. The average molecular weight is 670 g/mol. The standard InChI is InChI=1S/C29H20ClF9O6/c1-13-8-16(27(33,28(34,35)36)29(37,38)39)11-23(45-26(31)32)19(13)12-22(41)18-5-3-4-14(24(18)44-2)10-21(40)17-7-6-15(25(42)43)9-20(17)30/h3-9,11,26H,10,12H2,1-2H3,(H,42,43)/p-1. The second-order valence-electron chi connectivity index (χ2n) is 9.48. The van der Waals surface area contributed by atoms with Gasteiger partial charge in [0.25, 0.3) is 0 Å².